The van der Waals surface area contributed by atoms with Gasteiger partial charge in [0.1, 0.15) is 0 Å². The summed E-state index contributed by atoms with van der Waals surface area (Å²) in [7, 11) is -3.25. The summed E-state index contributed by atoms with van der Waals surface area (Å²) in [5.41, 5.74) is 0. The summed E-state index contributed by atoms with van der Waals surface area (Å²) < 4.78 is 32.3. The Labute approximate surface area is 123 Å². The lowest BCUT2D eigenvalue weighted by atomic mass is 9.98. The maximum Gasteiger partial charge on any atom is 0.215 e. The molecule has 2 N–H and O–H groups in total. The Hall–Kier alpha value is -0.170. The zero-order valence-electron chi connectivity index (χ0n) is 13.0. The summed E-state index contributed by atoms with van der Waals surface area (Å²) in [5, 5.41) is 2.71. The highest BCUT2D eigenvalue weighted by Crippen LogP contribution is 2.19. The van der Waals surface area contributed by atoms with Crippen LogP contribution in [0.1, 0.15) is 52.9 Å². The van der Waals surface area contributed by atoms with Gasteiger partial charge < -0.3 is 10.1 Å². The van der Waals surface area contributed by atoms with Crippen LogP contribution in [-0.4, -0.2) is 45.5 Å². The molecular formula is C14H30N2O3S. The van der Waals surface area contributed by atoms with E-state index in [0.717, 1.165) is 12.8 Å². The molecule has 0 heterocycles. The summed E-state index contributed by atoms with van der Waals surface area (Å²) in [6.45, 7) is 7.03. The number of sulfonamides is 1. The maximum atomic E-state index is 12.0. The van der Waals surface area contributed by atoms with Crippen LogP contribution in [0.2, 0.25) is 0 Å². The van der Waals surface area contributed by atoms with E-state index in [1.807, 2.05) is 13.8 Å². The van der Waals surface area contributed by atoms with Crippen molar-refractivity contribution in [3.05, 3.63) is 0 Å². The molecule has 1 atom stereocenters. The van der Waals surface area contributed by atoms with Crippen molar-refractivity contribution < 1.29 is 13.2 Å². The van der Waals surface area contributed by atoms with E-state index in [1.54, 1.807) is 6.92 Å². The van der Waals surface area contributed by atoms with Crippen LogP contribution < -0.4 is 10.0 Å². The quantitative estimate of drug-likeness (QED) is 0.636. The van der Waals surface area contributed by atoms with Crippen molar-refractivity contribution in [2.45, 2.75) is 70.3 Å². The highest BCUT2D eigenvalue weighted by molar-refractivity contribution is 7.90. The van der Waals surface area contributed by atoms with E-state index in [2.05, 4.69) is 10.0 Å². The standard InChI is InChI=1S/C14H30N2O3S/c1-12(2)15-11-13(3)20(17,18)16-9-10-19-14-7-5-4-6-8-14/h12-16H,4-11H2,1-3H3. The molecule has 0 aromatic heterocycles. The minimum atomic E-state index is -3.25. The van der Waals surface area contributed by atoms with Gasteiger partial charge in [-0.15, -0.1) is 0 Å². The summed E-state index contributed by atoms with van der Waals surface area (Å²) in [6, 6.07) is 0.294. The van der Waals surface area contributed by atoms with Gasteiger partial charge in [-0.05, 0) is 19.8 Å². The lowest BCUT2D eigenvalue weighted by molar-refractivity contribution is 0.0320. The Morgan fingerprint density at radius 1 is 1.15 bits per heavy atom. The molecule has 0 aromatic rings. The van der Waals surface area contributed by atoms with Crippen molar-refractivity contribution in [1.29, 1.82) is 0 Å². The van der Waals surface area contributed by atoms with Gasteiger partial charge in [0.15, 0.2) is 0 Å². The monoisotopic (exact) mass is 306 g/mol. The largest absolute Gasteiger partial charge is 0.377 e. The van der Waals surface area contributed by atoms with Crippen molar-refractivity contribution in [2.24, 2.45) is 0 Å². The average molecular weight is 306 g/mol. The third-order valence-corrected chi connectivity index (χ3v) is 5.49. The predicted octanol–water partition coefficient (Wildman–Crippen LogP) is 1.64. The second kappa shape index (κ2) is 8.97. The van der Waals surface area contributed by atoms with Crippen LogP contribution in [0.25, 0.3) is 0 Å². The van der Waals surface area contributed by atoms with Gasteiger partial charge in [-0.3, -0.25) is 0 Å². The molecule has 5 nitrogen and oxygen atoms in total. The van der Waals surface area contributed by atoms with Gasteiger partial charge in [0.25, 0.3) is 0 Å². The van der Waals surface area contributed by atoms with E-state index in [9.17, 15) is 8.42 Å². The van der Waals surface area contributed by atoms with Crippen molar-refractivity contribution in [2.75, 3.05) is 19.7 Å². The predicted molar refractivity (Wildman–Crippen MR) is 82.3 cm³/mol. The van der Waals surface area contributed by atoms with Crippen molar-refractivity contribution in [3.63, 3.8) is 0 Å². The third kappa shape index (κ3) is 7.02. The molecular weight excluding hydrogens is 276 g/mol. The Kier molecular flexibility index (Phi) is 8.02. The maximum absolute atomic E-state index is 12.0. The zero-order chi connectivity index (χ0) is 15.0. The average Bonchev–Trinajstić information content (AvgIpc) is 2.42. The van der Waals surface area contributed by atoms with Gasteiger partial charge in [0.2, 0.25) is 10.0 Å². The van der Waals surface area contributed by atoms with Gasteiger partial charge in [-0.2, -0.15) is 0 Å². The summed E-state index contributed by atoms with van der Waals surface area (Å²) in [6.07, 6.45) is 6.31. The minimum Gasteiger partial charge on any atom is -0.377 e. The number of ether oxygens (including phenoxy) is 1. The Morgan fingerprint density at radius 2 is 1.80 bits per heavy atom. The van der Waals surface area contributed by atoms with Crippen molar-refractivity contribution in [3.8, 4) is 0 Å². The van der Waals surface area contributed by atoms with Gasteiger partial charge in [-0.25, -0.2) is 13.1 Å². The van der Waals surface area contributed by atoms with Crippen LogP contribution >= 0.6 is 0 Å². The van der Waals surface area contributed by atoms with E-state index in [-0.39, 0.29) is 0 Å². The Balaban J connectivity index is 2.18. The molecule has 0 radical (unpaired) electrons. The summed E-state index contributed by atoms with van der Waals surface area (Å²) in [4.78, 5) is 0. The molecule has 0 aliphatic heterocycles. The molecule has 20 heavy (non-hydrogen) atoms. The van der Waals surface area contributed by atoms with Crippen LogP contribution in [-0.2, 0) is 14.8 Å². The van der Waals surface area contributed by atoms with E-state index in [4.69, 9.17) is 4.74 Å². The first-order valence-electron chi connectivity index (χ1n) is 7.75. The second-order valence-corrected chi connectivity index (χ2v) is 8.13. The second-order valence-electron chi connectivity index (χ2n) is 5.94. The van der Waals surface area contributed by atoms with Crippen molar-refractivity contribution in [1.82, 2.24) is 10.0 Å². The first-order chi connectivity index (χ1) is 9.42. The highest BCUT2D eigenvalue weighted by Gasteiger charge is 2.20. The van der Waals surface area contributed by atoms with E-state index in [1.165, 1.54) is 19.3 Å². The van der Waals surface area contributed by atoms with Crippen LogP contribution in [0.15, 0.2) is 0 Å². The van der Waals surface area contributed by atoms with E-state index in [0.29, 0.717) is 31.8 Å². The van der Waals surface area contributed by atoms with Crippen LogP contribution in [0, 0.1) is 0 Å². The molecule has 0 amide bonds. The first-order valence-corrected chi connectivity index (χ1v) is 9.30. The molecule has 1 saturated carbocycles. The number of hydrogen-bond donors (Lipinski definition) is 2. The third-order valence-electron chi connectivity index (χ3n) is 3.65. The lowest BCUT2D eigenvalue weighted by Gasteiger charge is -2.22. The molecule has 0 saturated heterocycles. The molecule has 0 bridgehead atoms. The van der Waals surface area contributed by atoms with Gasteiger partial charge >= 0.3 is 0 Å². The SMILES string of the molecule is CC(C)NCC(C)S(=O)(=O)NCCOC1CCCCC1. The molecule has 1 fully saturated rings. The van der Waals surface area contributed by atoms with Gasteiger partial charge in [-0.1, -0.05) is 33.1 Å². The smallest absolute Gasteiger partial charge is 0.215 e. The Bertz CT molecular complexity index is 351. The molecule has 1 aliphatic rings. The van der Waals surface area contributed by atoms with E-state index >= 15 is 0 Å². The zero-order valence-corrected chi connectivity index (χ0v) is 13.8. The number of hydrogen-bond acceptors (Lipinski definition) is 4. The summed E-state index contributed by atoms with van der Waals surface area (Å²) >= 11 is 0. The minimum absolute atomic E-state index is 0.294. The molecule has 1 unspecified atom stereocenters. The molecule has 120 valence electrons. The number of nitrogens with one attached hydrogen (secondary N) is 2. The molecule has 1 rings (SSSR count). The van der Waals surface area contributed by atoms with Crippen LogP contribution in [0.3, 0.4) is 0 Å². The van der Waals surface area contributed by atoms with E-state index < -0.39 is 15.3 Å². The Morgan fingerprint density at radius 3 is 2.40 bits per heavy atom. The number of rotatable bonds is 9. The normalized spacial score (nSPS) is 19.4. The fourth-order valence-electron chi connectivity index (χ4n) is 2.29. The van der Waals surface area contributed by atoms with Crippen LogP contribution in [0.5, 0.6) is 0 Å². The fraction of sp³-hybridized carbons (Fsp3) is 1.00. The molecule has 0 spiro atoms. The van der Waals surface area contributed by atoms with Crippen LogP contribution in [0.4, 0.5) is 0 Å². The van der Waals surface area contributed by atoms with Gasteiger partial charge in [0.05, 0.1) is 18.0 Å². The van der Waals surface area contributed by atoms with Crippen molar-refractivity contribution >= 4 is 10.0 Å². The van der Waals surface area contributed by atoms with Gasteiger partial charge in [0, 0.05) is 19.1 Å². The lowest BCUT2D eigenvalue weighted by Crippen LogP contribution is -2.42. The molecule has 6 heteroatoms. The summed E-state index contributed by atoms with van der Waals surface area (Å²) in [5.74, 6) is 0. The fourth-order valence-corrected chi connectivity index (χ4v) is 3.26. The molecule has 1 aliphatic carbocycles. The highest BCUT2D eigenvalue weighted by atomic mass is 32.2. The first kappa shape index (κ1) is 17.9. The topological polar surface area (TPSA) is 67.4 Å². The molecule has 0 aromatic carbocycles.